The van der Waals surface area contributed by atoms with Gasteiger partial charge in [-0.2, -0.15) is 4.98 Å². The van der Waals surface area contributed by atoms with Crippen LogP contribution in [0.3, 0.4) is 0 Å². The van der Waals surface area contributed by atoms with E-state index in [0.29, 0.717) is 27.5 Å². The number of aromatic nitrogens is 2. The van der Waals surface area contributed by atoms with Crippen molar-refractivity contribution in [1.82, 2.24) is 9.97 Å². The molecular formula is C13H13Cl2N3O. The zero-order valence-electron chi connectivity index (χ0n) is 10.4. The molecule has 100 valence electrons. The highest BCUT2D eigenvalue weighted by molar-refractivity contribution is 6.36. The van der Waals surface area contributed by atoms with Crippen molar-refractivity contribution >= 4 is 29.0 Å². The molecular weight excluding hydrogens is 285 g/mol. The van der Waals surface area contributed by atoms with Crippen LogP contribution in [0, 0.1) is 0 Å². The molecule has 2 aromatic heterocycles. The number of nitrogens with one attached hydrogen (secondary N) is 1. The minimum absolute atomic E-state index is 0.303. The smallest absolute Gasteiger partial charge is 0.240 e. The van der Waals surface area contributed by atoms with E-state index in [1.807, 2.05) is 0 Å². The Morgan fingerprint density at radius 2 is 2.16 bits per heavy atom. The molecule has 0 spiro atoms. The number of anilines is 1. The highest BCUT2D eigenvalue weighted by atomic mass is 35.5. The van der Waals surface area contributed by atoms with Crippen LogP contribution in [0.25, 0.3) is 0 Å². The maximum absolute atomic E-state index is 6.07. The van der Waals surface area contributed by atoms with Crippen LogP contribution in [0.4, 0.5) is 5.82 Å². The first-order valence-corrected chi connectivity index (χ1v) is 6.64. The van der Waals surface area contributed by atoms with Crippen molar-refractivity contribution in [3.05, 3.63) is 40.6 Å². The van der Waals surface area contributed by atoms with Gasteiger partial charge in [0.2, 0.25) is 5.88 Å². The topological polar surface area (TPSA) is 47.0 Å². The number of ether oxygens (including phenoxy) is 1. The van der Waals surface area contributed by atoms with Crippen molar-refractivity contribution in [3.8, 4) is 11.6 Å². The molecule has 0 unspecified atom stereocenters. The van der Waals surface area contributed by atoms with Gasteiger partial charge in [0, 0.05) is 12.7 Å². The number of hydrogen-bond donors (Lipinski definition) is 1. The van der Waals surface area contributed by atoms with E-state index in [9.17, 15) is 0 Å². The zero-order valence-corrected chi connectivity index (χ0v) is 11.9. The van der Waals surface area contributed by atoms with Crippen molar-refractivity contribution in [2.24, 2.45) is 0 Å². The molecule has 19 heavy (non-hydrogen) atoms. The molecule has 0 aliphatic rings. The quantitative estimate of drug-likeness (QED) is 0.889. The minimum atomic E-state index is 0.303. The standard InChI is InChI=1S/C13H13Cl2N3O/c1-2-5-17-12-10(14)7-11(15)13(18-12)19-9-4-3-6-16-8-9/h3-4,6-8H,2,5H2,1H3,(H,17,18). The highest BCUT2D eigenvalue weighted by Gasteiger charge is 2.11. The lowest BCUT2D eigenvalue weighted by atomic mass is 10.4. The molecule has 0 amide bonds. The molecule has 6 heteroatoms. The fraction of sp³-hybridized carbons (Fsp3) is 0.231. The molecule has 0 radical (unpaired) electrons. The summed E-state index contributed by atoms with van der Waals surface area (Å²) in [5, 5.41) is 3.95. The first kappa shape index (κ1) is 13.9. The predicted molar refractivity (Wildman–Crippen MR) is 77.3 cm³/mol. The second-order valence-corrected chi connectivity index (χ2v) is 4.64. The van der Waals surface area contributed by atoms with Crippen molar-refractivity contribution in [2.75, 3.05) is 11.9 Å². The zero-order chi connectivity index (χ0) is 13.7. The largest absolute Gasteiger partial charge is 0.436 e. The molecule has 2 rings (SSSR count). The van der Waals surface area contributed by atoms with E-state index >= 15 is 0 Å². The van der Waals surface area contributed by atoms with Crippen LogP contribution in [0.5, 0.6) is 11.6 Å². The summed E-state index contributed by atoms with van der Waals surface area (Å²) in [5.41, 5.74) is 0. The third-order valence-electron chi connectivity index (χ3n) is 2.29. The summed E-state index contributed by atoms with van der Waals surface area (Å²) in [6.45, 7) is 2.84. The van der Waals surface area contributed by atoms with Crippen molar-refractivity contribution < 1.29 is 4.74 Å². The van der Waals surface area contributed by atoms with E-state index < -0.39 is 0 Å². The van der Waals surface area contributed by atoms with Crippen LogP contribution in [-0.4, -0.2) is 16.5 Å². The SMILES string of the molecule is CCCNc1nc(Oc2cccnc2)c(Cl)cc1Cl. The molecule has 0 fully saturated rings. The van der Waals surface area contributed by atoms with Crippen molar-refractivity contribution in [2.45, 2.75) is 13.3 Å². The van der Waals surface area contributed by atoms with E-state index in [2.05, 4.69) is 22.2 Å². The molecule has 0 aromatic carbocycles. The molecule has 0 aliphatic carbocycles. The van der Waals surface area contributed by atoms with Crippen LogP contribution >= 0.6 is 23.2 Å². The van der Waals surface area contributed by atoms with Crippen LogP contribution in [-0.2, 0) is 0 Å². The molecule has 0 atom stereocenters. The van der Waals surface area contributed by atoms with Gasteiger partial charge in [-0.3, -0.25) is 4.98 Å². The summed E-state index contributed by atoms with van der Waals surface area (Å²) in [6, 6.07) is 5.16. The Kier molecular flexibility index (Phi) is 4.82. The predicted octanol–water partition coefficient (Wildman–Crippen LogP) is 4.40. The van der Waals surface area contributed by atoms with Crippen LogP contribution < -0.4 is 10.1 Å². The maximum Gasteiger partial charge on any atom is 0.240 e. The summed E-state index contributed by atoms with van der Waals surface area (Å²) in [5.74, 6) is 1.44. The number of halogens is 2. The molecule has 0 aliphatic heterocycles. The van der Waals surface area contributed by atoms with Gasteiger partial charge < -0.3 is 10.1 Å². The summed E-state index contributed by atoms with van der Waals surface area (Å²) in [4.78, 5) is 8.24. The molecule has 2 aromatic rings. The Morgan fingerprint density at radius 1 is 1.32 bits per heavy atom. The molecule has 0 bridgehead atoms. The second-order valence-electron chi connectivity index (χ2n) is 3.82. The summed E-state index contributed by atoms with van der Waals surface area (Å²) >= 11 is 12.1. The van der Waals surface area contributed by atoms with Gasteiger partial charge in [0.25, 0.3) is 0 Å². The fourth-order valence-electron chi connectivity index (χ4n) is 1.41. The van der Waals surface area contributed by atoms with Gasteiger partial charge in [-0.05, 0) is 24.6 Å². The normalized spacial score (nSPS) is 10.3. The van der Waals surface area contributed by atoms with Crippen molar-refractivity contribution in [1.29, 1.82) is 0 Å². The Bertz CT molecular complexity index is 549. The Balaban J connectivity index is 2.24. The van der Waals surface area contributed by atoms with Crippen LogP contribution in [0.2, 0.25) is 10.0 Å². The summed E-state index contributed by atoms with van der Waals surface area (Å²) < 4.78 is 5.58. The lowest BCUT2D eigenvalue weighted by molar-refractivity contribution is 0.462. The highest BCUT2D eigenvalue weighted by Crippen LogP contribution is 2.33. The van der Waals surface area contributed by atoms with Gasteiger partial charge in [-0.25, -0.2) is 0 Å². The third kappa shape index (κ3) is 3.72. The Morgan fingerprint density at radius 3 is 2.84 bits per heavy atom. The fourth-order valence-corrected chi connectivity index (χ4v) is 1.87. The van der Waals surface area contributed by atoms with Gasteiger partial charge in [-0.15, -0.1) is 0 Å². The van der Waals surface area contributed by atoms with Crippen LogP contribution in [0.15, 0.2) is 30.6 Å². The summed E-state index contributed by atoms with van der Waals surface area (Å²) in [6.07, 6.45) is 4.23. The lowest BCUT2D eigenvalue weighted by Gasteiger charge is -2.11. The average molecular weight is 298 g/mol. The van der Waals surface area contributed by atoms with Gasteiger partial charge in [0.1, 0.15) is 16.6 Å². The monoisotopic (exact) mass is 297 g/mol. The Labute approximate surface area is 121 Å². The average Bonchev–Trinajstić information content (AvgIpc) is 2.42. The number of pyridine rings is 2. The van der Waals surface area contributed by atoms with E-state index in [-0.39, 0.29) is 0 Å². The molecule has 2 heterocycles. The molecule has 4 nitrogen and oxygen atoms in total. The molecule has 0 saturated carbocycles. The molecule has 1 N–H and O–H groups in total. The van der Waals surface area contributed by atoms with E-state index in [1.54, 1.807) is 30.6 Å². The third-order valence-corrected chi connectivity index (χ3v) is 2.85. The lowest BCUT2D eigenvalue weighted by Crippen LogP contribution is -2.03. The van der Waals surface area contributed by atoms with E-state index in [0.717, 1.165) is 13.0 Å². The first-order valence-electron chi connectivity index (χ1n) is 5.88. The number of rotatable bonds is 5. The van der Waals surface area contributed by atoms with Crippen molar-refractivity contribution in [3.63, 3.8) is 0 Å². The van der Waals surface area contributed by atoms with Gasteiger partial charge in [0.15, 0.2) is 0 Å². The van der Waals surface area contributed by atoms with Gasteiger partial charge >= 0.3 is 0 Å². The maximum atomic E-state index is 6.07. The van der Waals surface area contributed by atoms with E-state index in [4.69, 9.17) is 27.9 Å². The van der Waals surface area contributed by atoms with E-state index in [1.165, 1.54) is 0 Å². The minimum Gasteiger partial charge on any atom is -0.436 e. The second kappa shape index (κ2) is 6.59. The number of nitrogens with zero attached hydrogens (tertiary/aromatic N) is 2. The van der Waals surface area contributed by atoms with Gasteiger partial charge in [0.05, 0.1) is 11.2 Å². The first-order chi connectivity index (χ1) is 9.20. The summed E-state index contributed by atoms with van der Waals surface area (Å²) in [7, 11) is 0. The molecule has 0 saturated heterocycles. The van der Waals surface area contributed by atoms with Crippen LogP contribution in [0.1, 0.15) is 13.3 Å². The van der Waals surface area contributed by atoms with Gasteiger partial charge in [-0.1, -0.05) is 30.1 Å². The Hall–Kier alpha value is -1.52. The number of hydrogen-bond acceptors (Lipinski definition) is 4.